The number of hydrogen-bond acceptors (Lipinski definition) is 16. The first kappa shape index (κ1) is 31.9. The van der Waals surface area contributed by atoms with Gasteiger partial charge in [-0.25, -0.2) is 4.79 Å². The standard InChI is InChI=1S/C24H25ClN2O15/c1-42-21(7-3-2-4-8(25)5-7)24(40,41)26-6-23(38,39)27-12-14(29)10(16(31)20(35)18(12)33)9-13(28)11(22(36)37)17(32)19(34)15(9)30/h2-5,21,26-35,38-41H,6H2,1H3,(H,36,37). The highest BCUT2D eigenvalue weighted by molar-refractivity contribution is 6.30. The van der Waals surface area contributed by atoms with E-state index in [0.717, 1.165) is 7.11 Å². The van der Waals surface area contributed by atoms with Gasteiger partial charge in [0.15, 0.2) is 34.9 Å². The SMILES string of the molecule is COC(c1cccc(Cl)c1)C(O)(O)NCC(O)(O)Nc1c(O)c(O)c(O)c(-c2c(O)c(O)c(O)c(C(=O)O)c2O)c1O. The average Bonchev–Trinajstić information content (AvgIpc) is 2.90. The Labute approximate surface area is 239 Å². The molecular formula is C24H25ClN2O15. The van der Waals surface area contributed by atoms with Crippen molar-refractivity contribution in [2.75, 3.05) is 19.0 Å². The Kier molecular flexibility index (Phi) is 8.61. The highest BCUT2D eigenvalue weighted by atomic mass is 35.5. The molecule has 3 aromatic rings. The van der Waals surface area contributed by atoms with Crippen molar-refractivity contribution in [1.29, 1.82) is 0 Å². The Bertz CT molecular complexity index is 1540. The van der Waals surface area contributed by atoms with Crippen molar-refractivity contribution in [2.24, 2.45) is 0 Å². The molecular weight excluding hydrogens is 592 g/mol. The number of methoxy groups -OCH3 is 1. The lowest BCUT2D eigenvalue weighted by Crippen LogP contribution is -2.58. The highest BCUT2D eigenvalue weighted by Gasteiger charge is 2.40. The van der Waals surface area contributed by atoms with Crippen molar-refractivity contribution >= 4 is 23.3 Å². The number of rotatable bonds is 10. The van der Waals surface area contributed by atoms with Crippen molar-refractivity contribution in [3.8, 4) is 57.1 Å². The van der Waals surface area contributed by atoms with E-state index in [1.54, 1.807) is 5.32 Å². The smallest absolute Gasteiger partial charge is 0.343 e. The zero-order chi connectivity index (χ0) is 31.9. The maximum Gasteiger partial charge on any atom is 0.343 e. The number of aromatic carboxylic acids is 1. The molecule has 42 heavy (non-hydrogen) atoms. The fraction of sp³-hybridized carbons (Fsp3) is 0.208. The van der Waals surface area contributed by atoms with E-state index in [4.69, 9.17) is 16.3 Å². The van der Waals surface area contributed by atoms with E-state index in [-0.39, 0.29) is 10.6 Å². The molecule has 1 unspecified atom stereocenters. The minimum absolute atomic E-state index is 0.137. The number of aliphatic hydroxyl groups is 4. The highest BCUT2D eigenvalue weighted by Crippen LogP contribution is 2.60. The molecule has 0 saturated carbocycles. The molecule has 0 aliphatic carbocycles. The topological polar surface area (TPSA) is 313 Å². The van der Waals surface area contributed by atoms with E-state index in [2.05, 4.69) is 0 Å². The number of anilines is 1. The number of benzene rings is 3. The van der Waals surface area contributed by atoms with Crippen LogP contribution in [0.4, 0.5) is 5.69 Å². The molecule has 0 radical (unpaired) electrons. The number of ether oxygens (including phenoxy) is 1. The second-order valence-corrected chi connectivity index (χ2v) is 9.22. The zero-order valence-corrected chi connectivity index (χ0v) is 21.9. The first-order chi connectivity index (χ1) is 19.4. The lowest BCUT2D eigenvalue weighted by atomic mass is 9.95. The number of carbonyl (C=O) groups is 1. The Morgan fingerprint density at radius 2 is 1.38 bits per heavy atom. The van der Waals surface area contributed by atoms with E-state index < -0.39 is 98.8 Å². The maximum atomic E-state index is 11.5. The van der Waals surface area contributed by atoms with E-state index >= 15 is 0 Å². The summed E-state index contributed by atoms with van der Waals surface area (Å²) in [6.45, 7) is -1.25. The van der Waals surface area contributed by atoms with Crippen LogP contribution in [0.25, 0.3) is 11.1 Å². The van der Waals surface area contributed by atoms with Crippen molar-refractivity contribution in [3.05, 3.63) is 40.4 Å². The molecule has 0 heterocycles. The van der Waals surface area contributed by atoms with Crippen molar-refractivity contribution < 1.29 is 75.9 Å². The molecule has 228 valence electrons. The summed E-state index contributed by atoms with van der Waals surface area (Å²) in [4.78, 5) is 11.5. The van der Waals surface area contributed by atoms with Crippen LogP contribution in [0.2, 0.25) is 5.02 Å². The quantitative estimate of drug-likeness (QED) is 0.0810. The molecule has 0 fully saturated rings. The number of carboxylic acids is 1. The van der Waals surface area contributed by atoms with Gasteiger partial charge in [-0.2, -0.15) is 0 Å². The van der Waals surface area contributed by atoms with E-state index in [0.29, 0.717) is 0 Å². The van der Waals surface area contributed by atoms with Crippen LogP contribution in [-0.2, 0) is 4.74 Å². The van der Waals surface area contributed by atoms with Gasteiger partial charge in [0.1, 0.15) is 17.0 Å². The number of nitrogens with one attached hydrogen (secondary N) is 2. The Morgan fingerprint density at radius 3 is 1.90 bits per heavy atom. The molecule has 0 aliphatic heterocycles. The number of hydrogen-bond donors (Lipinski definition) is 15. The summed E-state index contributed by atoms with van der Waals surface area (Å²) >= 11 is 5.90. The summed E-state index contributed by atoms with van der Waals surface area (Å²) in [6.07, 6.45) is -1.57. The Balaban J connectivity index is 2.06. The number of halogens is 1. The third kappa shape index (κ3) is 5.74. The normalized spacial score (nSPS) is 12.7. The van der Waals surface area contributed by atoms with E-state index in [1.807, 2.05) is 5.32 Å². The van der Waals surface area contributed by atoms with Gasteiger partial charge in [0, 0.05) is 12.1 Å². The lowest BCUT2D eigenvalue weighted by Gasteiger charge is -2.34. The molecule has 3 aromatic carbocycles. The minimum atomic E-state index is -3.37. The summed E-state index contributed by atoms with van der Waals surface area (Å²) in [5, 5.41) is 137. The Morgan fingerprint density at radius 1 is 0.833 bits per heavy atom. The monoisotopic (exact) mass is 616 g/mol. The van der Waals surface area contributed by atoms with Crippen molar-refractivity contribution in [3.63, 3.8) is 0 Å². The van der Waals surface area contributed by atoms with Gasteiger partial charge < -0.3 is 76.4 Å². The van der Waals surface area contributed by atoms with Gasteiger partial charge in [-0.15, -0.1) is 0 Å². The van der Waals surface area contributed by atoms with Crippen molar-refractivity contribution in [2.45, 2.75) is 17.9 Å². The van der Waals surface area contributed by atoms with Crippen LogP contribution in [0, 0.1) is 0 Å². The largest absolute Gasteiger partial charge is 0.506 e. The first-order valence-corrected chi connectivity index (χ1v) is 11.7. The molecule has 0 amide bonds. The molecule has 0 bridgehead atoms. The van der Waals surface area contributed by atoms with Gasteiger partial charge >= 0.3 is 5.97 Å². The first-order valence-electron chi connectivity index (χ1n) is 11.3. The average molecular weight is 617 g/mol. The van der Waals surface area contributed by atoms with Gasteiger partial charge in [0.25, 0.3) is 11.8 Å². The van der Waals surface area contributed by atoms with Gasteiger partial charge in [-0.05, 0) is 17.7 Å². The van der Waals surface area contributed by atoms with Gasteiger partial charge in [0.05, 0.1) is 17.7 Å². The maximum absolute atomic E-state index is 11.5. The van der Waals surface area contributed by atoms with Crippen LogP contribution in [0.15, 0.2) is 24.3 Å². The van der Waals surface area contributed by atoms with Crippen molar-refractivity contribution in [1.82, 2.24) is 5.32 Å². The molecule has 17 nitrogen and oxygen atoms in total. The Hall–Kier alpha value is -4.62. The minimum Gasteiger partial charge on any atom is -0.506 e. The summed E-state index contributed by atoms with van der Waals surface area (Å²) in [5.41, 5.74) is -5.08. The zero-order valence-electron chi connectivity index (χ0n) is 21.1. The molecule has 18 heteroatoms. The number of carboxylic acid groups (broad SMARTS) is 1. The molecule has 0 aromatic heterocycles. The van der Waals surface area contributed by atoms with Crippen LogP contribution in [-0.4, -0.2) is 97.8 Å². The molecule has 0 aliphatic rings. The van der Waals surface area contributed by atoms with Gasteiger partial charge in [-0.3, -0.25) is 5.32 Å². The summed E-state index contributed by atoms with van der Waals surface area (Å²) < 4.78 is 5.07. The molecule has 0 saturated heterocycles. The fourth-order valence-electron chi connectivity index (χ4n) is 3.98. The van der Waals surface area contributed by atoms with Crippen LogP contribution >= 0.6 is 11.6 Å². The van der Waals surface area contributed by atoms with Crippen LogP contribution in [0.3, 0.4) is 0 Å². The van der Waals surface area contributed by atoms with Crippen LogP contribution in [0.1, 0.15) is 22.0 Å². The summed E-state index contributed by atoms with van der Waals surface area (Å²) in [5.74, 6) is -20.6. The second kappa shape index (κ2) is 11.3. The van der Waals surface area contributed by atoms with Crippen LogP contribution in [0.5, 0.6) is 46.0 Å². The fourth-order valence-corrected chi connectivity index (χ4v) is 4.18. The summed E-state index contributed by atoms with van der Waals surface area (Å²) in [6, 6.07) is 5.68. The molecule has 15 N–H and O–H groups in total. The van der Waals surface area contributed by atoms with Crippen LogP contribution < -0.4 is 10.6 Å². The molecule has 0 spiro atoms. The van der Waals surface area contributed by atoms with E-state index in [9.17, 15) is 71.2 Å². The molecule has 3 rings (SSSR count). The number of aromatic hydroxyl groups is 8. The predicted octanol–water partition coefficient (Wildman–Crippen LogP) is 0.0160. The summed E-state index contributed by atoms with van der Waals surface area (Å²) in [7, 11) is 1.09. The predicted molar refractivity (Wildman–Crippen MR) is 139 cm³/mol. The molecule has 1 atom stereocenters. The van der Waals surface area contributed by atoms with E-state index in [1.165, 1.54) is 24.3 Å². The third-order valence-corrected chi connectivity index (χ3v) is 6.16. The second-order valence-electron chi connectivity index (χ2n) is 8.79. The van der Waals surface area contributed by atoms with Gasteiger partial charge in [0.2, 0.25) is 11.5 Å². The van der Waals surface area contributed by atoms with Gasteiger partial charge in [-0.1, -0.05) is 23.7 Å². The number of phenols is 8. The number of phenolic OH excluding ortho intramolecular Hbond substituents is 6. The third-order valence-electron chi connectivity index (χ3n) is 5.93. The lowest BCUT2D eigenvalue weighted by molar-refractivity contribution is -0.266.